The van der Waals surface area contributed by atoms with E-state index in [-0.39, 0.29) is 34.7 Å². The fourth-order valence-electron chi connectivity index (χ4n) is 4.06. The highest BCUT2D eigenvalue weighted by atomic mass is 35.5. The number of carbonyl (C=O) groups is 1. The monoisotopic (exact) mass is 490 g/mol. The first kappa shape index (κ1) is 22.1. The summed E-state index contributed by atoms with van der Waals surface area (Å²) in [6, 6.07) is 5.40. The lowest BCUT2D eigenvalue weighted by molar-refractivity contribution is -0.137. The van der Waals surface area contributed by atoms with Crippen molar-refractivity contribution >= 4 is 28.5 Å². The molecule has 0 aliphatic carbocycles. The van der Waals surface area contributed by atoms with Crippen molar-refractivity contribution in [2.75, 3.05) is 6.54 Å². The Balaban J connectivity index is 1.56. The summed E-state index contributed by atoms with van der Waals surface area (Å²) in [6.07, 6.45) is -1.55. The van der Waals surface area contributed by atoms with Gasteiger partial charge in [-0.3, -0.25) is 4.79 Å². The predicted octanol–water partition coefficient (Wildman–Crippen LogP) is 5.10. The maximum Gasteiger partial charge on any atom is 0.417 e. The number of aromatic nitrogens is 5. The van der Waals surface area contributed by atoms with E-state index >= 15 is 0 Å². The molecule has 3 heterocycles. The van der Waals surface area contributed by atoms with Gasteiger partial charge in [0.2, 0.25) is 0 Å². The van der Waals surface area contributed by atoms with Gasteiger partial charge in [0.05, 0.1) is 40.1 Å². The number of alkyl halides is 3. The molecule has 1 amide bonds. The number of aromatic amines is 1. The molecule has 0 radical (unpaired) electrons. The number of amides is 1. The molecule has 5 rings (SSSR count). The largest absolute Gasteiger partial charge is 0.417 e. The molecule has 34 heavy (non-hydrogen) atoms. The van der Waals surface area contributed by atoms with E-state index in [1.807, 2.05) is 0 Å². The van der Waals surface area contributed by atoms with Gasteiger partial charge in [0.15, 0.2) is 0 Å². The number of benzene rings is 2. The number of nitrogens with one attached hydrogen (secondary N) is 1. The Hall–Kier alpha value is -3.73. The smallest absolute Gasteiger partial charge is 0.340 e. The Morgan fingerprint density at radius 3 is 2.65 bits per heavy atom. The second-order valence-corrected chi connectivity index (χ2v) is 8.23. The van der Waals surface area contributed by atoms with Crippen LogP contribution in [0.2, 0.25) is 5.02 Å². The Bertz CT molecular complexity index is 1430. The predicted molar refractivity (Wildman–Crippen MR) is 115 cm³/mol. The van der Waals surface area contributed by atoms with Gasteiger partial charge in [0.25, 0.3) is 5.91 Å². The quantitative estimate of drug-likeness (QED) is 0.320. The third kappa shape index (κ3) is 3.71. The van der Waals surface area contributed by atoms with Crippen molar-refractivity contribution in [1.82, 2.24) is 29.9 Å². The Morgan fingerprint density at radius 2 is 1.94 bits per heavy atom. The average Bonchev–Trinajstić information content (AvgIpc) is 3.51. The van der Waals surface area contributed by atoms with E-state index < -0.39 is 34.5 Å². The molecule has 1 atom stereocenters. The molecule has 2 aromatic heterocycles. The third-order valence-electron chi connectivity index (χ3n) is 5.56. The van der Waals surface area contributed by atoms with Crippen LogP contribution in [0.25, 0.3) is 16.7 Å². The number of hydrogen-bond donors (Lipinski definition) is 1. The molecule has 0 spiro atoms. The van der Waals surface area contributed by atoms with Crippen LogP contribution in [0, 0.1) is 5.82 Å². The van der Waals surface area contributed by atoms with Crippen molar-refractivity contribution in [3.8, 4) is 5.69 Å². The summed E-state index contributed by atoms with van der Waals surface area (Å²) in [7, 11) is 0. The van der Waals surface area contributed by atoms with E-state index in [0.29, 0.717) is 12.0 Å². The van der Waals surface area contributed by atoms with Crippen molar-refractivity contribution < 1.29 is 22.4 Å². The zero-order valence-corrected chi connectivity index (χ0v) is 18.0. The molecule has 174 valence electrons. The first-order valence-electron chi connectivity index (χ1n) is 10.0. The molecular weight excluding hydrogens is 476 g/mol. The second-order valence-electron chi connectivity index (χ2n) is 7.82. The first-order chi connectivity index (χ1) is 16.1. The molecule has 0 saturated carbocycles. The Labute approximate surface area is 194 Å². The minimum absolute atomic E-state index is 0.0453. The number of carbonyl (C=O) groups excluding carboxylic acids is 1. The van der Waals surface area contributed by atoms with Gasteiger partial charge in [-0.1, -0.05) is 29.8 Å². The molecular formula is C22H15ClF4N6O. The fourth-order valence-corrected chi connectivity index (χ4v) is 4.33. The normalized spacial score (nSPS) is 16.6. The number of rotatable bonds is 3. The number of nitrogens with zero attached hydrogens (tertiary/aromatic N) is 5. The number of imidazole rings is 1. The molecule has 1 fully saturated rings. The second kappa shape index (κ2) is 7.94. The van der Waals surface area contributed by atoms with Crippen LogP contribution in [0.3, 0.4) is 0 Å². The van der Waals surface area contributed by atoms with Crippen molar-refractivity contribution in [3.05, 3.63) is 82.7 Å². The summed E-state index contributed by atoms with van der Waals surface area (Å²) in [5, 5.41) is 7.49. The molecule has 0 bridgehead atoms. The molecule has 1 aliphatic heterocycles. The van der Waals surface area contributed by atoms with Crippen LogP contribution in [0.15, 0.2) is 54.9 Å². The third-order valence-corrected chi connectivity index (χ3v) is 5.88. The van der Waals surface area contributed by atoms with E-state index in [4.69, 9.17) is 11.6 Å². The van der Waals surface area contributed by atoms with Gasteiger partial charge in [0.1, 0.15) is 22.9 Å². The standard InChI is InChI=1S/C22H15ClF4N6O/c1-11-7-18(20-30-15-8-12(22(25,26)27)13(23)9-16(15)31-20)32(10-11)21(34)19-14(24)3-2-4-17(19)33-28-5-6-29-33/h2-6,8-9,18H,1,7,10H2,(H,30,31)/t18-/m0/s1. The summed E-state index contributed by atoms with van der Waals surface area (Å²) >= 11 is 5.82. The van der Waals surface area contributed by atoms with E-state index in [1.165, 1.54) is 29.4 Å². The molecule has 0 unspecified atom stereocenters. The number of halogens is 5. The summed E-state index contributed by atoms with van der Waals surface area (Å²) in [6.45, 7) is 4.06. The van der Waals surface area contributed by atoms with Crippen molar-refractivity contribution in [1.29, 1.82) is 0 Å². The Morgan fingerprint density at radius 1 is 1.21 bits per heavy atom. The van der Waals surface area contributed by atoms with Gasteiger partial charge >= 0.3 is 6.18 Å². The van der Waals surface area contributed by atoms with Gasteiger partial charge < -0.3 is 9.88 Å². The summed E-state index contributed by atoms with van der Waals surface area (Å²) in [5.41, 5.74) is -0.0855. The number of H-pyrrole nitrogens is 1. The van der Waals surface area contributed by atoms with E-state index in [9.17, 15) is 22.4 Å². The first-order valence-corrected chi connectivity index (χ1v) is 10.4. The highest BCUT2D eigenvalue weighted by Gasteiger charge is 2.38. The van der Waals surface area contributed by atoms with Crippen LogP contribution in [0.4, 0.5) is 17.6 Å². The van der Waals surface area contributed by atoms with Crippen LogP contribution in [-0.4, -0.2) is 42.3 Å². The molecule has 4 aromatic rings. The molecule has 2 aromatic carbocycles. The highest BCUT2D eigenvalue weighted by molar-refractivity contribution is 6.32. The van der Waals surface area contributed by atoms with Crippen molar-refractivity contribution in [2.24, 2.45) is 0 Å². The number of fused-ring (bicyclic) bond motifs is 1. The minimum Gasteiger partial charge on any atom is -0.340 e. The zero-order chi connectivity index (χ0) is 24.2. The van der Waals surface area contributed by atoms with Gasteiger partial charge in [-0.05, 0) is 30.7 Å². The highest BCUT2D eigenvalue weighted by Crippen LogP contribution is 2.39. The zero-order valence-electron chi connectivity index (χ0n) is 17.3. The van der Waals surface area contributed by atoms with Crippen LogP contribution in [0.5, 0.6) is 0 Å². The van der Waals surface area contributed by atoms with E-state index in [1.54, 1.807) is 0 Å². The van der Waals surface area contributed by atoms with Crippen LogP contribution in [-0.2, 0) is 6.18 Å². The lowest BCUT2D eigenvalue weighted by atomic mass is 10.1. The van der Waals surface area contributed by atoms with E-state index in [0.717, 1.165) is 23.0 Å². The van der Waals surface area contributed by atoms with Gasteiger partial charge in [-0.15, -0.1) is 0 Å². The van der Waals surface area contributed by atoms with Crippen LogP contribution in [0.1, 0.15) is 34.2 Å². The lowest BCUT2D eigenvalue weighted by Crippen LogP contribution is -2.33. The molecule has 1 N–H and O–H groups in total. The Kier molecular flexibility index (Phi) is 5.16. The summed E-state index contributed by atoms with van der Waals surface area (Å²) < 4.78 is 54.6. The summed E-state index contributed by atoms with van der Waals surface area (Å²) in [5.74, 6) is -1.17. The maximum absolute atomic E-state index is 14.9. The van der Waals surface area contributed by atoms with Gasteiger partial charge in [-0.2, -0.15) is 28.2 Å². The number of hydrogen-bond acceptors (Lipinski definition) is 4. The fraction of sp³-hybridized carbons (Fsp3) is 0.182. The van der Waals surface area contributed by atoms with Gasteiger partial charge in [-0.25, -0.2) is 9.37 Å². The van der Waals surface area contributed by atoms with Crippen LogP contribution < -0.4 is 0 Å². The molecule has 7 nitrogen and oxygen atoms in total. The van der Waals surface area contributed by atoms with Gasteiger partial charge in [0, 0.05) is 6.54 Å². The minimum atomic E-state index is -4.64. The summed E-state index contributed by atoms with van der Waals surface area (Å²) in [4.78, 5) is 23.3. The van der Waals surface area contributed by atoms with Crippen molar-refractivity contribution in [3.63, 3.8) is 0 Å². The van der Waals surface area contributed by atoms with E-state index in [2.05, 4.69) is 26.7 Å². The SMILES string of the molecule is C=C1C[C@@H](c2nc3cc(C(F)(F)F)c(Cl)cc3[nH]2)N(C(=O)c2c(F)cccc2-n2nccn2)C1. The van der Waals surface area contributed by atoms with Crippen LogP contribution >= 0.6 is 11.6 Å². The molecule has 1 saturated heterocycles. The average molecular weight is 491 g/mol. The lowest BCUT2D eigenvalue weighted by Gasteiger charge is -2.24. The maximum atomic E-state index is 14.9. The molecule has 12 heteroatoms. The van der Waals surface area contributed by atoms with Crippen molar-refractivity contribution in [2.45, 2.75) is 18.6 Å². The number of likely N-dealkylation sites (tertiary alicyclic amines) is 1. The topological polar surface area (TPSA) is 79.7 Å². The molecule has 1 aliphatic rings.